The highest BCUT2D eigenvalue weighted by molar-refractivity contribution is 6.01. The number of rotatable bonds is 5. The molecule has 2 heterocycles. The lowest BCUT2D eigenvalue weighted by Crippen LogP contribution is -2.39. The van der Waals surface area contributed by atoms with Crippen LogP contribution in [0.5, 0.6) is 0 Å². The van der Waals surface area contributed by atoms with Gasteiger partial charge in [-0.05, 0) is 24.6 Å². The van der Waals surface area contributed by atoms with Crippen LogP contribution < -0.4 is 10.6 Å². The Morgan fingerprint density at radius 2 is 2.09 bits per heavy atom. The van der Waals surface area contributed by atoms with Crippen LogP contribution in [-0.4, -0.2) is 56.1 Å². The molecule has 0 radical (unpaired) electrons. The number of amides is 2. The molecule has 1 aromatic carbocycles. The molecule has 3 rings (SSSR count). The van der Waals surface area contributed by atoms with E-state index in [1.165, 1.54) is 0 Å². The molecule has 1 saturated heterocycles. The van der Waals surface area contributed by atoms with Crippen molar-refractivity contribution in [2.45, 2.75) is 18.8 Å². The molecule has 0 aliphatic carbocycles. The fourth-order valence-corrected chi connectivity index (χ4v) is 3.11. The number of ether oxygens (including phenoxy) is 1. The Hall–Kier alpha value is -1.92. The first-order valence-electron chi connectivity index (χ1n) is 8.20. The van der Waals surface area contributed by atoms with E-state index in [9.17, 15) is 9.59 Å². The summed E-state index contributed by atoms with van der Waals surface area (Å²) < 4.78 is 5.32. The maximum absolute atomic E-state index is 12.4. The fraction of sp³-hybridized carbons (Fsp3) is 0.529. The third-order valence-corrected chi connectivity index (χ3v) is 4.37. The lowest BCUT2D eigenvalue weighted by molar-refractivity contribution is -0.126. The summed E-state index contributed by atoms with van der Waals surface area (Å²) in [5.74, 6) is -0.546. The van der Waals surface area contributed by atoms with Crippen LogP contribution in [0.4, 0.5) is 5.69 Å². The zero-order chi connectivity index (χ0) is 16.1. The van der Waals surface area contributed by atoms with Gasteiger partial charge in [-0.2, -0.15) is 0 Å². The predicted molar refractivity (Wildman–Crippen MR) is 87.3 cm³/mol. The highest BCUT2D eigenvalue weighted by atomic mass is 16.5. The smallest absolute Gasteiger partial charge is 0.228 e. The summed E-state index contributed by atoms with van der Waals surface area (Å²) in [6.07, 6.45) is 1.12. The number of hydrogen-bond donors (Lipinski definition) is 2. The van der Waals surface area contributed by atoms with Crippen molar-refractivity contribution in [3.8, 4) is 0 Å². The van der Waals surface area contributed by atoms with Crippen molar-refractivity contribution < 1.29 is 14.3 Å². The first-order chi connectivity index (χ1) is 11.2. The Balaban J connectivity index is 1.49. The number of nitrogens with zero attached hydrogens (tertiary/aromatic N) is 1. The lowest BCUT2D eigenvalue weighted by atomic mass is 9.90. The molecule has 6 nitrogen and oxygen atoms in total. The second-order valence-corrected chi connectivity index (χ2v) is 5.99. The molecular formula is C17H23N3O3. The van der Waals surface area contributed by atoms with Crippen LogP contribution in [0.25, 0.3) is 0 Å². The topological polar surface area (TPSA) is 70.7 Å². The third-order valence-electron chi connectivity index (χ3n) is 4.37. The van der Waals surface area contributed by atoms with Crippen molar-refractivity contribution in [1.82, 2.24) is 10.2 Å². The normalized spacial score (nSPS) is 21.4. The van der Waals surface area contributed by atoms with Crippen LogP contribution in [-0.2, 0) is 14.3 Å². The highest BCUT2D eigenvalue weighted by Crippen LogP contribution is 2.31. The van der Waals surface area contributed by atoms with E-state index in [1.54, 1.807) is 0 Å². The van der Waals surface area contributed by atoms with Gasteiger partial charge in [0, 0.05) is 31.7 Å². The molecule has 0 bridgehead atoms. The zero-order valence-electron chi connectivity index (χ0n) is 13.2. The molecule has 0 spiro atoms. The predicted octanol–water partition coefficient (Wildman–Crippen LogP) is 0.951. The lowest BCUT2D eigenvalue weighted by Gasteiger charge is -2.27. The van der Waals surface area contributed by atoms with Gasteiger partial charge >= 0.3 is 0 Å². The Bertz CT molecular complexity index is 570. The van der Waals surface area contributed by atoms with E-state index in [1.807, 2.05) is 24.3 Å². The van der Waals surface area contributed by atoms with Crippen molar-refractivity contribution >= 4 is 17.5 Å². The first-order valence-corrected chi connectivity index (χ1v) is 8.20. The number of carbonyl (C=O) groups excluding carboxylic acids is 2. The number of carbonyl (C=O) groups is 2. The van der Waals surface area contributed by atoms with E-state index in [-0.39, 0.29) is 24.2 Å². The van der Waals surface area contributed by atoms with Crippen molar-refractivity contribution in [3.05, 3.63) is 29.8 Å². The molecule has 1 fully saturated rings. The van der Waals surface area contributed by atoms with Gasteiger partial charge in [-0.3, -0.25) is 14.5 Å². The molecule has 0 saturated carbocycles. The monoisotopic (exact) mass is 317 g/mol. The Morgan fingerprint density at radius 3 is 2.91 bits per heavy atom. The molecule has 1 atom stereocenters. The van der Waals surface area contributed by atoms with Crippen molar-refractivity contribution in [2.75, 3.05) is 44.7 Å². The van der Waals surface area contributed by atoms with Gasteiger partial charge in [0.25, 0.3) is 0 Å². The van der Waals surface area contributed by atoms with Gasteiger partial charge < -0.3 is 15.4 Å². The van der Waals surface area contributed by atoms with Crippen molar-refractivity contribution in [3.63, 3.8) is 0 Å². The summed E-state index contributed by atoms with van der Waals surface area (Å²) in [6, 6.07) is 7.51. The summed E-state index contributed by atoms with van der Waals surface area (Å²) in [5.41, 5.74) is 1.65. The van der Waals surface area contributed by atoms with Gasteiger partial charge in [-0.25, -0.2) is 0 Å². The van der Waals surface area contributed by atoms with Gasteiger partial charge in [0.2, 0.25) is 11.8 Å². The number of anilines is 1. The summed E-state index contributed by atoms with van der Waals surface area (Å²) in [4.78, 5) is 26.5. The molecule has 6 heteroatoms. The maximum Gasteiger partial charge on any atom is 0.228 e. The van der Waals surface area contributed by atoms with E-state index in [4.69, 9.17) is 4.74 Å². The van der Waals surface area contributed by atoms with Crippen LogP contribution in [0.2, 0.25) is 0 Å². The molecule has 1 aromatic rings. The molecule has 0 aromatic heterocycles. The SMILES string of the molecule is O=C1CC(C(=O)NCCCN2CCOCC2)c2ccccc2N1. The summed E-state index contributed by atoms with van der Waals surface area (Å²) in [5, 5.41) is 5.79. The van der Waals surface area contributed by atoms with Gasteiger partial charge in [0.05, 0.1) is 19.1 Å². The number of fused-ring (bicyclic) bond motifs is 1. The van der Waals surface area contributed by atoms with E-state index < -0.39 is 0 Å². The molecule has 2 aliphatic rings. The van der Waals surface area contributed by atoms with E-state index in [0.29, 0.717) is 6.54 Å². The second kappa shape index (κ2) is 7.57. The van der Waals surface area contributed by atoms with Crippen LogP contribution in [0.3, 0.4) is 0 Å². The van der Waals surface area contributed by atoms with Crippen LogP contribution in [0.15, 0.2) is 24.3 Å². The number of hydrogen-bond acceptors (Lipinski definition) is 4. The zero-order valence-corrected chi connectivity index (χ0v) is 13.2. The van der Waals surface area contributed by atoms with Crippen molar-refractivity contribution in [2.24, 2.45) is 0 Å². The quantitative estimate of drug-likeness (QED) is 0.793. The molecular weight excluding hydrogens is 294 g/mol. The standard InChI is InChI=1S/C17H23N3O3/c21-16-12-14(13-4-1-2-5-15(13)19-16)17(22)18-6-3-7-20-8-10-23-11-9-20/h1-2,4-5,14H,3,6-12H2,(H,18,22)(H,19,21). The minimum absolute atomic E-state index is 0.0609. The Labute approximate surface area is 136 Å². The van der Waals surface area contributed by atoms with Gasteiger partial charge in [0.15, 0.2) is 0 Å². The number of benzene rings is 1. The molecule has 23 heavy (non-hydrogen) atoms. The minimum Gasteiger partial charge on any atom is -0.379 e. The third kappa shape index (κ3) is 4.09. The van der Waals surface area contributed by atoms with Gasteiger partial charge in [-0.15, -0.1) is 0 Å². The van der Waals surface area contributed by atoms with Crippen LogP contribution >= 0.6 is 0 Å². The fourth-order valence-electron chi connectivity index (χ4n) is 3.11. The highest BCUT2D eigenvalue weighted by Gasteiger charge is 2.30. The molecule has 124 valence electrons. The average Bonchev–Trinajstić information content (AvgIpc) is 2.58. The van der Waals surface area contributed by atoms with E-state index in [2.05, 4.69) is 15.5 Å². The average molecular weight is 317 g/mol. The summed E-state index contributed by atoms with van der Waals surface area (Å²) in [7, 11) is 0. The number of para-hydroxylation sites is 1. The molecule has 1 unspecified atom stereocenters. The molecule has 2 aliphatic heterocycles. The molecule has 2 N–H and O–H groups in total. The maximum atomic E-state index is 12.4. The minimum atomic E-state index is -0.386. The molecule has 2 amide bonds. The second-order valence-electron chi connectivity index (χ2n) is 5.99. The summed E-state index contributed by atoms with van der Waals surface area (Å²) in [6.45, 7) is 5.11. The van der Waals surface area contributed by atoms with E-state index >= 15 is 0 Å². The van der Waals surface area contributed by atoms with Crippen LogP contribution in [0, 0.1) is 0 Å². The summed E-state index contributed by atoms with van der Waals surface area (Å²) >= 11 is 0. The largest absolute Gasteiger partial charge is 0.379 e. The van der Waals surface area contributed by atoms with Crippen molar-refractivity contribution in [1.29, 1.82) is 0 Å². The number of nitrogens with one attached hydrogen (secondary N) is 2. The van der Waals surface area contributed by atoms with Gasteiger partial charge in [-0.1, -0.05) is 18.2 Å². The first kappa shape index (κ1) is 16.0. The number of morpholine rings is 1. The van der Waals surface area contributed by atoms with Crippen LogP contribution in [0.1, 0.15) is 24.3 Å². The Morgan fingerprint density at radius 1 is 1.30 bits per heavy atom. The Kier molecular flexibility index (Phi) is 5.25. The van der Waals surface area contributed by atoms with E-state index in [0.717, 1.165) is 50.5 Å². The van der Waals surface area contributed by atoms with Gasteiger partial charge in [0.1, 0.15) is 0 Å².